The summed E-state index contributed by atoms with van der Waals surface area (Å²) in [5.41, 5.74) is 8.50. The van der Waals surface area contributed by atoms with Crippen LogP contribution in [0.15, 0.2) is 36.5 Å². The number of nitrogens with zero attached hydrogens (tertiary/aromatic N) is 2. The van der Waals surface area contributed by atoms with Crippen molar-refractivity contribution in [3.05, 3.63) is 47.8 Å². The van der Waals surface area contributed by atoms with Crippen molar-refractivity contribution in [3.8, 4) is 5.75 Å². The smallest absolute Gasteiger partial charge is 0.118 e. The van der Waals surface area contributed by atoms with Gasteiger partial charge in [0.15, 0.2) is 0 Å². The van der Waals surface area contributed by atoms with E-state index in [0.717, 1.165) is 24.4 Å². The van der Waals surface area contributed by atoms with Crippen molar-refractivity contribution < 1.29 is 4.74 Å². The van der Waals surface area contributed by atoms with Crippen LogP contribution in [0.25, 0.3) is 0 Å². The third-order valence-corrected chi connectivity index (χ3v) is 3.04. The van der Waals surface area contributed by atoms with Gasteiger partial charge in [-0.25, -0.2) is 0 Å². The fraction of sp³-hybridized carbons (Fsp3) is 0.357. The van der Waals surface area contributed by atoms with Crippen LogP contribution in [0, 0.1) is 0 Å². The molecule has 2 N–H and O–H groups in total. The van der Waals surface area contributed by atoms with Crippen LogP contribution in [0.1, 0.15) is 24.2 Å². The fourth-order valence-corrected chi connectivity index (χ4v) is 2.04. The number of nitrogens with two attached hydrogens (primary N) is 1. The number of hydrogen-bond acceptors (Lipinski definition) is 3. The first-order valence-corrected chi connectivity index (χ1v) is 6.14. The van der Waals surface area contributed by atoms with Gasteiger partial charge in [-0.1, -0.05) is 12.1 Å². The van der Waals surface area contributed by atoms with E-state index >= 15 is 0 Å². The van der Waals surface area contributed by atoms with Gasteiger partial charge in [0.05, 0.1) is 18.8 Å². The second kappa shape index (κ2) is 5.69. The summed E-state index contributed by atoms with van der Waals surface area (Å²) in [5.74, 6) is 0.867. The molecule has 0 aliphatic heterocycles. The molecule has 1 aromatic carbocycles. The maximum absolute atomic E-state index is 6.23. The summed E-state index contributed by atoms with van der Waals surface area (Å²) in [4.78, 5) is 0. The lowest BCUT2D eigenvalue weighted by atomic mass is 10.0. The quantitative estimate of drug-likeness (QED) is 0.878. The van der Waals surface area contributed by atoms with Crippen molar-refractivity contribution in [2.75, 3.05) is 7.11 Å². The molecule has 0 saturated heterocycles. The van der Waals surface area contributed by atoms with Crippen molar-refractivity contribution in [3.63, 3.8) is 0 Å². The third kappa shape index (κ3) is 2.71. The first kappa shape index (κ1) is 12.6. The number of aryl methyl sites for hydroxylation is 1. The molecule has 1 unspecified atom stereocenters. The summed E-state index contributed by atoms with van der Waals surface area (Å²) in [7, 11) is 1.67. The van der Waals surface area contributed by atoms with Gasteiger partial charge in [-0.3, -0.25) is 4.68 Å². The molecule has 4 nitrogen and oxygen atoms in total. The van der Waals surface area contributed by atoms with Gasteiger partial charge < -0.3 is 10.5 Å². The molecule has 0 saturated carbocycles. The molecule has 1 atom stereocenters. The van der Waals surface area contributed by atoms with E-state index in [4.69, 9.17) is 10.5 Å². The normalized spacial score (nSPS) is 12.4. The molecule has 96 valence electrons. The highest BCUT2D eigenvalue weighted by molar-refractivity contribution is 5.28. The van der Waals surface area contributed by atoms with Crippen molar-refractivity contribution >= 4 is 0 Å². The molecule has 0 radical (unpaired) electrons. The van der Waals surface area contributed by atoms with Gasteiger partial charge in [0.2, 0.25) is 0 Å². The highest BCUT2D eigenvalue weighted by Gasteiger charge is 2.11. The topological polar surface area (TPSA) is 53.1 Å². The molecular weight excluding hydrogens is 226 g/mol. The number of rotatable bonds is 5. The lowest BCUT2D eigenvalue weighted by Crippen LogP contribution is -2.18. The summed E-state index contributed by atoms with van der Waals surface area (Å²) in [6, 6.07) is 9.97. The fourth-order valence-electron chi connectivity index (χ4n) is 2.04. The average molecular weight is 245 g/mol. The first-order chi connectivity index (χ1) is 8.74. The van der Waals surface area contributed by atoms with E-state index in [-0.39, 0.29) is 6.04 Å². The van der Waals surface area contributed by atoms with Crippen LogP contribution in [0.3, 0.4) is 0 Å². The van der Waals surface area contributed by atoms with E-state index in [1.54, 1.807) is 13.3 Å². The molecule has 1 aromatic heterocycles. The van der Waals surface area contributed by atoms with Crippen molar-refractivity contribution in [2.24, 2.45) is 5.73 Å². The zero-order valence-corrected chi connectivity index (χ0v) is 10.8. The van der Waals surface area contributed by atoms with Gasteiger partial charge in [-0.15, -0.1) is 0 Å². The Labute approximate surface area is 107 Å². The molecule has 2 aromatic rings. The van der Waals surface area contributed by atoms with E-state index < -0.39 is 0 Å². The summed E-state index contributed by atoms with van der Waals surface area (Å²) >= 11 is 0. The van der Waals surface area contributed by atoms with Gasteiger partial charge in [0.1, 0.15) is 5.75 Å². The Kier molecular flexibility index (Phi) is 3.99. The SMILES string of the molecule is CCn1nccc1C(N)Cc1ccc(OC)cc1. The average Bonchev–Trinajstić information content (AvgIpc) is 2.88. The van der Waals surface area contributed by atoms with Crippen molar-refractivity contribution in [1.82, 2.24) is 9.78 Å². The monoisotopic (exact) mass is 245 g/mol. The molecule has 0 spiro atoms. The van der Waals surface area contributed by atoms with E-state index in [0.29, 0.717) is 0 Å². The Hall–Kier alpha value is -1.81. The number of ether oxygens (including phenoxy) is 1. The molecule has 4 heteroatoms. The number of aromatic nitrogens is 2. The first-order valence-electron chi connectivity index (χ1n) is 6.14. The Morgan fingerprint density at radius 3 is 2.61 bits per heavy atom. The maximum Gasteiger partial charge on any atom is 0.118 e. The Morgan fingerprint density at radius 2 is 2.00 bits per heavy atom. The number of methoxy groups -OCH3 is 1. The highest BCUT2D eigenvalue weighted by Crippen LogP contribution is 2.18. The van der Waals surface area contributed by atoms with Crippen LogP contribution in [0.5, 0.6) is 5.75 Å². The van der Waals surface area contributed by atoms with Crippen molar-refractivity contribution in [1.29, 1.82) is 0 Å². The molecule has 0 amide bonds. The minimum Gasteiger partial charge on any atom is -0.497 e. The molecular formula is C14H19N3O. The molecule has 0 fully saturated rings. The minimum atomic E-state index is -0.0270. The molecule has 0 aliphatic carbocycles. The second-order valence-corrected chi connectivity index (χ2v) is 4.23. The zero-order valence-electron chi connectivity index (χ0n) is 10.8. The molecule has 0 aliphatic rings. The summed E-state index contributed by atoms with van der Waals surface area (Å²) in [6.45, 7) is 2.91. The molecule has 18 heavy (non-hydrogen) atoms. The molecule has 2 rings (SSSR count). The maximum atomic E-state index is 6.23. The standard InChI is InChI=1S/C14H19N3O/c1-3-17-14(8-9-16-17)13(15)10-11-4-6-12(18-2)7-5-11/h4-9,13H,3,10,15H2,1-2H3. The Bertz CT molecular complexity index is 490. The summed E-state index contributed by atoms with van der Waals surface area (Å²) < 4.78 is 7.08. The summed E-state index contributed by atoms with van der Waals surface area (Å²) in [6.07, 6.45) is 2.60. The number of hydrogen-bond donors (Lipinski definition) is 1. The minimum absolute atomic E-state index is 0.0270. The third-order valence-electron chi connectivity index (χ3n) is 3.04. The lowest BCUT2D eigenvalue weighted by Gasteiger charge is -2.13. The van der Waals surface area contributed by atoms with Gasteiger partial charge >= 0.3 is 0 Å². The number of benzene rings is 1. The molecule has 1 heterocycles. The van der Waals surface area contributed by atoms with Gasteiger partial charge in [-0.05, 0) is 37.1 Å². The molecule has 0 bridgehead atoms. The van der Waals surface area contributed by atoms with Crippen LogP contribution in [0.2, 0.25) is 0 Å². The van der Waals surface area contributed by atoms with E-state index in [2.05, 4.69) is 12.0 Å². The Morgan fingerprint density at radius 1 is 1.28 bits per heavy atom. The zero-order chi connectivity index (χ0) is 13.0. The predicted octanol–water partition coefficient (Wildman–Crippen LogP) is 2.15. The van der Waals surface area contributed by atoms with E-state index in [9.17, 15) is 0 Å². The van der Waals surface area contributed by atoms with Crippen LogP contribution < -0.4 is 10.5 Å². The van der Waals surface area contributed by atoms with Crippen molar-refractivity contribution in [2.45, 2.75) is 25.9 Å². The summed E-state index contributed by atoms with van der Waals surface area (Å²) in [5, 5.41) is 4.24. The van der Waals surface area contributed by atoms with Crippen LogP contribution in [-0.4, -0.2) is 16.9 Å². The van der Waals surface area contributed by atoms with Crippen LogP contribution in [-0.2, 0) is 13.0 Å². The lowest BCUT2D eigenvalue weighted by molar-refractivity contribution is 0.414. The van der Waals surface area contributed by atoms with Gasteiger partial charge in [0.25, 0.3) is 0 Å². The van der Waals surface area contributed by atoms with Crippen LogP contribution in [0.4, 0.5) is 0 Å². The largest absolute Gasteiger partial charge is 0.497 e. The Balaban J connectivity index is 2.08. The van der Waals surface area contributed by atoms with E-state index in [1.807, 2.05) is 35.0 Å². The van der Waals surface area contributed by atoms with Gasteiger partial charge in [-0.2, -0.15) is 5.10 Å². The van der Waals surface area contributed by atoms with E-state index in [1.165, 1.54) is 5.56 Å². The predicted molar refractivity (Wildman–Crippen MR) is 71.5 cm³/mol. The van der Waals surface area contributed by atoms with Gasteiger partial charge in [0, 0.05) is 12.7 Å². The van der Waals surface area contributed by atoms with Crippen LogP contribution >= 0.6 is 0 Å². The second-order valence-electron chi connectivity index (χ2n) is 4.23. The highest BCUT2D eigenvalue weighted by atomic mass is 16.5.